The molecule has 3 rings (SSSR count). The molecular weight excluding hydrogens is 210 g/mol. The molecule has 2 nitrogen and oxygen atoms in total. The molecule has 2 aromatic carbocycles. The zero-order valence-corrected chi connectivity index (χ0v) is 10.5. The lowest BCUT2D eigenvalue weighted by Crippen LogP contribution is -2.39. The third-order valence-electron chi connectivity index (χ3n) is 3.83. The highest BCUT2D eigenvalue weighted by atomic mass is 16.5. The molecule has 0 saturated carbocycles. The fraction of sp³-hybridized carbons (Fsp3) is 0.333. The molecule has 2 atom stereocenters. The van der Waals surface area contributed by atoms with Crippen molar-refractivity contribution in [2.45, 2.75) is 26.1 Å². The number of hydrogen-bond donors (Lipinski definition) is 0. The van der Waals surface area contributed by atoms with Crippen LogP contribution in [0.1, 0.15) is 25.5 Å². The molecule has 0 bridgehead atoms. The summed E-state index contributed by atoms with van der Waals surface area (Å²) in [6, 6.07) is 13.1. The maximum absolute atomic E-state index is 5.95. The van der Waals surface area contributed by atoms with Crippen LogP contribution in [0.25, 0.3) is 10.8 Å². The molecule has 0 amide bonds. The summed E-state index contributed by atoms with van der Waals surface area (Å²) in [5.41, 5.74) is 1.31. The summed E-state index contributed by atoms with van der Waals surface area (Å²) < 4.78 is 5.95. The van der Waals surface area contributed by atoms with Gasteiger partial charge in [0.1, 0.15) is 12.0 Å². The van der Waals surface area contributed by atoms with Gasteiger partial charge in [0.2, 0.25) is 0 Å². The van der Waals surface area contributed by atoms with Crippen molar-refractivity contribution in [3.05, 3.63) is 42.0 Å². The molecule has 2 heteroatoms. The molecule has 88 valence electrons. The molecule has 0 radical (unpaired) electrons. The Labute approximate surface area is 102 Å². The van der Waals surface area contributed by atoms with E-state index in [0.29, 0.717) is 6.04 Å². The van der Waals surface area contributed by atoms with Crippen molar-refractivity contribution in [2.24, 2.45) is 0 Å². The van der Waals surface area contributed by atoms with E-state index in [9.17, 15) is 0 Å². The van der Waals surface area contributed by atoms with Crippen LogP contribution in [0.15, 0.2) is 36.4 Å². The van der Waals surface area contributed by atoms with Gasteiger partial charge in [-0.05, 0) is 37.7 Å². The van der Waals surface area contributed by atoms with Gasteiger partial charge in [0.25, 0.3) is 0 Å². The Morgan fingerprint density at radius 2 is 1.82 bits per heavy atom. The van der Waals surface area contributed by atoms with E-state index in [4.69, 9.17) is 4.74 Å². The van der Waals surface area contributed by atoms with Gasteiger partial charge in [0.15, 0.2) is 0 Å². The van der Waals surface area contributed by atoms with Crippen LogP contribution in [0.4, 0.5) is 0 Å². The van der Waals surface area contributed by atoms with E-state index in [-0.39, 0.29) is 6.23 Å². The average Bonchev–Trinajstić information content (AvgIpc) is 2.35. The molecule has 2 aromatic rings. The van der Waals surface area contributed by atoms with Crippen molar-refractivity contribution in [3.63, 3.8) is 0 Å². The maximum atomic E-state index is 5.95. The number of ether oxygens (including phenoxy) is 1. The second-order valence-electron chi connectivity index (χ2n) is 4.76. The lowest BCUT2D eigenvalue weighted by molar-refractivity contribution is 0.0111. The number of hydrogen-bond acceptors (Lipinski definition) is 2. The van der Waals surface area contributed by atoms with E-state index in [1.165, 1.54) is 16.3 Å². The quantitative estimate of drug-likeness (QED) is 0.682. The maximum Gasteiger partial charge on any atom is 0.150 e. The Bertz CT molecular complexity index is 564. The first-order chi connectivity index (χ1) is 8.18. The van der Waals surface area contributed by atoms with Crippen LogP contribution in [0.2, 0.25) is 0 Å². The molecule has 0 unspecified atom stereocenters. The molecule has 0 aliphatic carbocycles. The minimum atomic E-state index is 0.138. The summed E-state index contributed by atoms with van der Waals surface area (Å²) in [5.74, 6) is 1.03. The first-order valence-electron chi connectivity index (χ1n) is 6.08. The molecule has 0 spiro atoms. The van der Waals surface area contributed by atoms with Crippen LogP contribution >= 0.6 is 0 Å². The molecule has 0 aromatic heterocycles. The van der Waals surface area contributed by atoms with Gasteiger partial charge >= 0.3 is 0 Å². The standard InChI is InChI=1S/C15H17NO/c1-10-15-13-7-5-4-6-12(13)8-9-14(15)17-11(2)16(10)3/h4-11H,1-3H3/t10-,11+/m0/s1. The summed E-state index contributed by atoms with van der Waals surface area (Å²) in [5, 5.41) is 2.58. The first kappa shape index (κ1) is 10.6. The van der Waals surface area contributed by atoms with Gasteiger partial charge < -0.3 is 4.74 Å². The van der Waals surface area contributed by atoms with Crippen LogP contribution < -0.4 is 4.74 Å². The van der Waals surface area contributed by atoms with E-state index < -0.39 is 0 Å². The monoisotopic (exact) mass is 227 g/mol. The van der Waals surface area contributed by atoms with Gasteiger partial charge in [-0.3, -0.25) is 4.90 Å². The van der Waals surface area contributed by atoms with Gasteiger partial charge in [0.05, 0.1) is 0 Å². The van der Waals surface area contributed by atoms with Crippen molar-refractivity contribution >= 4 is 10.8 Å². The molecule has 0 N–H and O–H groups in total. The van der Waals surface area contributed by atoms with Crippen LogP contribution in [-0.4, -0.2) is 18.2 Å². The zero-order valence-electron chi connectivity index (χ0n) is 10.5. The van der Waals surface area contributed by atoms with Crippen LogP contribution in [0.3, 0.4) is 0 Å². The van der Waals surface area contributed by atoms with Crippen LogP contribution in [0.5, 0.6) is 5.75 Å². The second kappa shape index (κ2) is 3.74. The number of fused-ring (bicyclic) bond motifs is 3. The minimum Gasteiger partial charge on any atom is -0.475 e. The molecule has 0 fully saturated rings. The first-order valence-corrected chi connectivity index (χ1v) is 6.08. The van der Waals surface area contributed by atoms with Crippen LogP contribution in [-0.2, 0) is 0 Å². The normalized spacial score (nSPS) is 24.4. The SMILES string of the molecule is C[C@H]1Oc2ccc3ccccc3c2[C@H](C)N1C. The molecule has 1 heterocycles. The number of rotatable bonds is 0. The van der Waals surface area contributed by atoms with Gasteiger partial charge in [-0.15, -0.1) is 0 Å². The highest BCUT2D eigenvalue weighted by Gasteiger charge is 2.28. The highest BCUT2D eigenvalue weighted by molar-refractivity contribution is 5.88. The van der Waals surface area contributed by atoms with Crippen molar-refractivity contribution < 1.29 is 4.74 Å². The second-order valence-corrected chi connectivity index (χ2v) is 4.76. The molecule has 17 heavy (non-hydrogen) atoms. The summed E-state index contributed by atoms with van der Waals surface area (Å²) in [6.07, 6.45) is 0.138. The third-order valence-corrected chi connectivity index (χ3v) is 3.83. The van der Waals surface area contributed by atoms with Gasteiger partial charge in [-0.25, -0.2) is 0 Å². The van der Waals surface area contributed by atoms with Crippen molar-refractivity contribution in [3.8, 4) is 5.75 Å². The third kappa shape index (κ3) is 1.52. The molecule has 1 aliphatic rings. The van der Waals surface area contributed by atoms with E-state index in [1.807, 2.05) is 0 Å². The van der Waals surface area contributed by atoms with Crippen LogP contribution in [0, 0.1) is 0 Å². The summed E-state index contributed by atoms with van der Waals surface area (Å²) >= 11 is 0. The zero-order chi connectivity index (χ0) is 12.0. The smallest absolute Gasteiger partial charge is 0.150 e. The highest BCUT2D eigenvalue weighted by Crippen LogP contribution is 2.39. The summed E-state index contributed by atoms with van der Waals surface area (Å²) in [6.45, 7) is 4.33. The predicted octanol–water partition coefficient (Wildman–Crippen LogP) is 3.57. The lowest BCUT2D eigenvalue weighted by atomic mass is 9.96. The minimum absolute atomic E-state index is 0.138. The Balaban J connectivity index is 2.29. The van der Waals surface area contributed by atoms with Crippen molar-refractivity contribution in [1.29, 1.82) is 0 Å². The van der Waals surface area contributed by atoms with Crippen molar-refractivity contribution in [1.82, 2.24) is 4.90 Å². The fourth-order valence-electron chi connectivity index (χ4n) is 2.59. The van der Waals surface area contributed by atoms with Crippen molar-refractivity contribution in [2.75, 3.05) is 7.05 Å². The average molecular weight is 227 g/mol. The van der Waals surface area contributed by atoms with E-state index in [2.05, 4.69) is 62.2 Å². The molecular formula is C15H17NO. The molecule has 1 aliphatic heterocycles. The van der Waals surface area contributed by atoms with E-state index in [1.54, 1.807) is 0 Å². The number of benzene rings is 2. The van der Waals surface area contributed by atoms with E-state index in [0.717, 1.165) is 5.75 Å². The number of nitrogens with zero attached hydrogens (tertiary/aromatic N) is 1. The lowest BCUT2D eigenvalue weighted by Gasteiger charge is -2.38. The molecule has 0 saturated heterocycles. The largest absolute Gasteiger partial charge is 0.475 e. The Morgan fingerprint density at radius 3 is 2.65 bits per heavy atom. The Morgan fingerprint density at radius 1 is 1.06 bits per heavy atom. The summed E-state index contributed by atoms with van der Waals surface area (Å²) in [4.78, 5) is 2.26. The van der Waals surface area contributed by atoms with Gasteiger partial charge in [-0.2, -0.15) is 0 Å². The van der Waals surface area contributed by atoms with Gasteiger partial charge in [-0.1, -0.05) is 30.3 Å². The fourth-order valence-corrected chi connectivity index (χ4v) is 2.59. The topological polar surface area (TPSA) is 12.5 Å². The van der Waals surface area contributed by atoms with Gasteiger partial charge in [0, 0.05) is 11.6 Å². The summed E-state index contributed by atoms with van der Waals surface area (Å²) in [7, 11) is 2.11. The Hall–Kier alpha value is -1.54. The Kier molecular flexibility index (Phi) is 2.33. The van der Waals surface area contributed by atoms with E-state index >= 15 is 0 Å². The predicted molar refractivity (Wildman–Crippen MR) is 70.2 cm³/mol.